The molecule has 1 aromatic carbocycles. The molecule has 3 N–H and O–H groups in total. The van der Waals surface area contributed by atoms with E-state index in [1.54, 1.807) is 39.0 Å². The molecule has 28 heavy (non-hydrogen) atoms. The fourth-order valence-electron chi connectivity index (χ4n) is 3.09. The lowest BCUT2D eigenvalue weighted by Crippen LogP contribution is -2.47. The van der Waals surface area contributed by atoms with E-state index < -0.39 is 17.9 Å². The normalized spacial score (nSPS) is 18.9. The summed E-state index contributed by atoms with van der Waals surface area (Å²) in [6.07, 6.45) is -0.835. The number of nitrogens with zero attached hydrogens (tertiary/aromatic N) is 1. The van der Waals surface area contributed by atoms with Crippen molar-refractivity contribution in [2.75, 3.05) is 18.0 Å². The molecular weight excluding hydrogens is 362 g/mol. The molecule has 0 aromatic heterocycles. The lowest BCUT2D eigenvalue weighted by molar-refractivity contribution is -0.119. The summed E-state index contributed by atoms with van der Waals surface area (Å²) in [4.78, 5) is 37.2. The Morgan fingerprint density at radius 1 is 1.21 bits per heavy atom. The van der Waals surface area contributed by atoms with Crippen LogP contribution < -0.4 is 15.5 Å². The second-order valence-electron chi connectivity index (χ2n) is 8.01. The minimum absolute atomic E-state index is 0.132. The third-order valence-corrected chi connectivity index (χ3v) is 4.33. The Labute approximate surface area is 165 Å². The van der Waals surface area contributed by atoms with E-state index in [1.165, 1.54) is 11.8 Å². The van der Waals surface area contributed by atoms with Gasteiger partial charge in [0, 0.05) is 37.2 Å². The number of anilines is 1. The number of benzene rings is 1. The van der Waals surface area contributed by atoms with Crippen molar-refractivity contribution in [2.45, 2.75) is 52.9 Å². The van der Waals surface area contributed by atoms with E-state index in [-0.39, 0.29) is 30.8 Å². The predicted octanol–water partition coefficient (Wildman–Crippen LogP) is 1.80. The molecule has 3 amide bonds. The van der Waals surface area contributed by atoms with E-state index in [2.05, 4.69) is 10.6 Å². The number of carbonyl (C=O) groups is 3. The van der Waals surface area contributed by atoms with E-state index in [1.807, 2.05) is 6.92 Å². The molecule has 0 fully saturated rings. The van der Waals surface area contributed by atoms with Crippen molar-refractivity contribution in [3.63, 3.8) is 0 Å². The van der Waals surface area contributed by atoms with E-state index in [0.717, 1.165) is 5.56 Å². The maximum atomic E-state index is 12.4. The van der Waals surface area contributed by atoms with Crippen LogP contribution in [0.25, 0.3) is 0 Å². The van der Waals surface area contributed by atoms with Gasteiger partial charge in [-0.1, -0.05) is 6.92 Å². The quantitative estimate of drug-likeness (QED) is 0.679. The van der Waals surface area contributed by atoms with Gasteiger partial charge in [0.1, 0.15) is 11.8 Å². The van der Waals surface area contributed by atoms with E-state index in [9.17, 15) is 19.5 Å². The third kappa shape index (κ3) is 5.45. The summed E-state index contributed by atoms with van der Waals surface area (Å²) in [7, 11) is 0. The zero-order chi connectivity index (χ0) is 21.1. The average Bonchev–Trinajstić information content (AvgIpc) is 2.57. The number of aliphatic hydroxyl groups is 1. The van der Waals surface area contributed by atoms with Gasteiger partial charge < -0.3 is 20.5 Å². The molecule has 0 spiro atoms. The summed E-state index contributed by atoms with van der Waals surface area (Å²) in [5.74, 6) is -0.652. The summed E-state index contributed by atoms with van der Waals surface area (Å²) >= 11 is 0. The molecule has 1 aliphatic rings. The standard InChI is InChI=1S/C20H29N3O5/c1-12-10-15-11-14(6-7-16(15)23(13(2)24)18(12)26)17(25)21-8-9-22-19(27)28-20(3,4)5/h6-7,11-12,18,26H,8-10H2,1-5H3,(H,21,25)(H,22,27). The molecule has 0 radical (unpaired) electrons. The minimum Gasteiger partial charge on any atom is -0.444 e. The monoisotopic (exact) mass is 391 g/mol. The molecule has 2 unspecified atom stereocenters. The molecule has 0 saturated carbocycles. The molecule has 1 aromatic rings. The van der Waals surface area contributed by atoms with Crippen LogP contribution in [0.2, 0.25) is 0 Å². The zero-order valence-electron chi connectivity index (χ0n) is 17.0. The fraction of sp³-hybridized carbons (Fsp3) is 0.550. The predicted molar refractivity (Wildman–Crippen MR) is 105 cm³/mol. The van der Waals surface area contributed by atoms with E-state index in [4.69, 9.17) is 4.74 Å². The maximum absolute atomic E-state index is 12.4. The Balaban J connectivity index is 1.96. The number of aliphatic hydroxyl groups excluding tert-OH is 1. The van der Waals surface area contributed by atoms with E-state index in [0.29, 0.717) is 17.7 Å². The van der Waals surface area contributed by atoms with Gasteiger partial charge in [0.05, 0.1) is 0 Å². The van der Waals surface area contributed by atoms with Crippen molar-refractivity contribution in [2.24, 2.45) is 5.92 Å². The molecular formula is C20H29N3O5. The van der Waals surface area contributed by atoms with Crippen LogP contribution in [-0.2, 0) is 16.0 Å². The third-order valence-electron chi connectivity index (χ3n) is 4.33. The number of hydrogen-bond donors (Lipinski definition) is 3. The van der Waals surface area contributed by atoms with Crippen molar-refractivity contribution in [1.82, 2.24) is 10.6 Å². The van der Waals surface area contributed by atoms with Crippen LogP contribution in [-0.4, -0.2) is 47.9 Å². The molecule has 2 rings (SSSR count). The van der Waals surface area contributed by atoms with Crippen LogP contribution in [0.1, 0.15) is 50.5 Å². The number of rotatable bonds is 4. The number of hydrogen-bond acceptors (Lipinski definition) is 5. The lowest BCUT2D eigenvalue weighted by atomic mass is 9.91. The maximum Gasteiger partial charge on any atom is 0.407 e. The Bertz CT molecular complexity index is 757. The SMILES string of the molecule is CC(=O)N1c2ccc(C(=O)NCCNC(=O)OC(C)(C)C)cc2CC(C)C1O. The zero-order valence-corrected chi connectivity index (χ0v) is 17.0. The second-order valence-corrected chi connectivity index (χ2v) is 8.01. The lowest BCUT2D eigenvalue weighted by Gasteiger charge is -2.37. The molecule has 0 aliphatic carbocycles. The Kier molecular flexibility index (Phi) is 6.66. The van der Waals surface area contributed by atoms with Gasteiger partial charge in [-0.15, -0.1) is 0 Å². The summed E-state index contributed by atoms with van der Waals surface area (Å²) in [5, 5.41) is 15.6. The molecule has 0 saturated heterocycles. The summed E-state index contributed by atoms with van der Waals surface area (Å²) < 4.78 is 5.12. The van der Waals surface area contributed by atoms with Crippen LogP contribution in [0, 0.1) is 5.92 Å². The Morgan fingerprint density at radius 3 is 2.46 bits per heavy atom. The largest absolute Gasteiger partial charge is 0.444 e. The highest BCUT2D eigenvalue weighted by atomic mass is 16.6. The molecule has 2 atom stereocenters. The number of amides is 3. The smallest absolute Gasteiger partial charge is 0.407 e. The van der Waals surface area contributed by atoms with Gasteiger partial charge >= 0.3 is 6.09 Å². The molecule has 1 heterocycles. The fourth-order valence-corrected chi connectivity index (χ4v) is 3.09. The van der Waals surface area contributed by atoms with Crippen LogP contribution in [0.15, 0.2) is 18.2 Å². The number of nitrogens with one attached hydrogen (secondary N) is 2. The Hall–Kier alpha value is -2.61. The first-order valence-electron chi connectivity index (χ1n) is 9.35. The number of carbonyl (C=O) groups excluding carboxylic acids is 3. The van der Waals surface area contributed by atoms with Gasteiger partial charge in [0.2, 0.25) is 5.91 Å². The van der Waals surface area contributed by atoms with Gasteiger partial charge in [-0.25, -0.2) is 4.79 Å². The Morgan fingerprint density at radius 2 is 1.86 bits per heavy atom. The van der Waals surface area contributed by atoms with Gasteiger partial charge in [0.25, 0.3) is 5.91 Å². The van der Waals surface area contributed by atoms with Gasteiger partial charge in [-0.3, -0.25) is 14.5 Å². The topological polar surface area (TPSA) is 108 Å². The first-order valence-corrected chi connectivity index (χ1v) is 9.35. The number of ether oxygens (including phenoxy) is 1. The van der Waals surface area contributed by atoms with Crippen molar-refractivity contribution >= 4 is 23.6 Å². The number of alkyl carbamates (subject to hydrolysis) is 1. The highest BCUT2D eigenvalue weighted by Crippen LogP contribution is 2.33. The summed E-state index contributed by atoms with van der Waals surface area (Å²) in [6.45, 7) is 9.09. The van der Waals surface area contributed by atoms with Crippen LogP contribution in [0.5, 0.6) is 0 Å². The van der Waals surface area contributed by atoms with Crippen molar-refractivity contribution < 1.29 is 24.2 Å². The van der Waals surface area contributed by atoms with Gasteiger partial charge in [-0.2, -0.15) is 0 Å². The molecule has 8 heteroatoms. The highest BCUT2D eigenvalue weighted by molar-refractivity contribution is 5.97. The second kappa shape index (κ2) is 8.60. The molecule has 154 valence electrons. The van der Waals surface area contributed by atoms with Crippen molar-refractivity contribution in [3.05, 3.63) is 29.3 Å². The minimum atomic E-state index is -0.872. The summed E-state index contributed by atoms with van der Waals surface area (Å²) in [6, 6.07) is 5.04. The van der Waals surface area contributed by atoms with Crippen LogP contribution in [0.4, 0.5) is 10.5 Å². The first kappa shape index (κ1) is 21.7. The summed E-state index contributed by atoms with van der Waals surface area (Å²) in [5.41, 5.74) is 1.35. The van der Waals surface area contributed by atoms with Crippen molar-refractivity contribution in [1.29, 1.82) is 0 Å². The van der Waals surface area contributed by atoms with Crippen LogP contribution in [0.3, 0.4) is 0 Å². The highest BCUT2D eigenvalue weighted by Gasteiger charge is 2.33. The van der Waals surface area contributed by atoms with E-state index >= 15 is 0 Å². The average molecular weight is 391 g/mol. The van der Waals surface area contributed by atoms with Crippen molar-refractivity contribution in [3.8, 4) is 0 Å². The molecule has 8 nitrogen and oxygen atoms in total. The number of fused-ring (bicyclic) bond motifs is 1. The molecule has 0 bridgehead atoms. The van der Waals surface area contributed by atoms with Gasteiger partial charge in [-0.05, 0) is 51.0 Å². The first-order chi connectivity index (χ1) is 13.0. The molecule has 1 aliphatic heterocycles. The van der Waals surface area contributed by atoms with Crippen LogP contribution >= 0.6 is 0 Å². The van der Waals surface area contributed by atoms with Gasteiger partial charge in [0.15, 0.2) is 0 Å².